The van der Waals surface area contributed by atoms with E-state index < -0.39 is 5.91 Å². The number of hydrogen-bond acceptors (Lipinski definition) is 4. The van der Waals surface area contributed by atoms with Crippen molar-refractivity contribution in [3.63, 3.8) is 0 Å². The Bertz CT molecular complexity index is 1020. The van der Waals surface area contributed by atoms with Crippen LogP contribution in [0.1, 0.15) is 15.9 Å². The minimum absolute atomic E-state index is 0.0519. The van der Waals surface area contributed by atoms with Crippen molar-refractivity contribution in [2.45, 2.75) is 6.42 Å². The van der Waals surface area contributed by atoms with E-state index in [1.54, 1.807) is 25.3 Å². The van der Waals surface area contributed by atoms with Crippen molar-refractivity contribution in [2.24, 2.45) is 0 Å². The van der Waals surface area contributed by atoms with Crippen LogP contribution in [-0.2, 0) is 6.42 Å². The number of phenolic OH excluding ortho intramolecular Hbond substituents is 1. The lowest BCUT2D eigenvalue weighted by atomic mass is 10.1. The highest BCUT2D eigenvalue weighted by atomic mass is 35.5. The molecule has 3 aromatic rings. The van der Waals surface area contributed by atoms with Crippen molar-refractivity contribution in [3.8, 4) is 17.2 Å². The zero-order chi connectivity index (χ0) is 20.8. The molecule has 0 saturated heterocycles. The van der Waals surface area contributed by atoms with Gasteiger partial charge in [-0.05, 0) is 42.0 Å². The minimum atomic E-state index is -0.530. The molecule has 7 heteroatoms. The van der Waals surface area contributed by atoms with Crippen molar-refractivity contribution in [1.29, 1.82) is 0 Å². The average Bonchev–Trinajstić information content (AvgIpc) is 2.72. The average molecular weight is 432 g/mol. The molecule has 29 heavy (non-hydrogen) atoms. The van der Waals surface area contributed by atoms with Crippen LogP contribution in [0, 0.1) is 0 Å². The third-order valence-electron chi connectivity index (χ3n) is 4.22. The van der Waals surface area contributed by atoms with Crippen molar-refractivity contribution >= 4 is 34.8 Å². The number of amides is 1. The van der Waals surface area contributed by atoms with E-state index in [1.165, 1.54) is 18.2 Å². The molecular formula is C22H19Cl2NO4. The lowest BCUT2D eigenvalue weighted by Gasteiger charge is -2.12. The quantitative estimate of drug-likeness (QED) is 0.512. The van der Waals surface area contributed by atoms with Crippen molar-refractivity contribution < 1.29 is 19.4 Å². The number of ether oxygens (including phenoxy) is 2. The van der Waals surface area contributed by atoms with Gasteiger partial charge in [-0.2, -0.15) is 0 Å². The van der Waals surface area contributed by atoms with E-state index in [9.17, 15) is 9.90 Å². The van der Waals surface area contributed by atoms with Crippen LogP contribution in [-0.4, -0.2) is 24.7 Å². The standard InChI is InChI=1S/C22H19Cl2NO4/c1-28-21-5-3-2-4-14(21)10-11-29-16-7-8-18(24)19(13-16)25-22(27)17-12-15(23)6-9-20(17)26/h2-9,12-13,26H,10-11H2,1H3,(H,25,27). The van der Waals surface area contributed by atoms with E-state index in [0.29, 0.717) is 34.5 Å². The molecule has 0 spiro atoms. The highest BCUT2D eigenvalue weighted by molar-refractivity contribution is 6.34. The summed E-state index contributed by atoms with van der Waals surface area (Å²) < 4.78 is 11.1. The van der Waals surface area contributed by atoms with Crippen LogP contribution in [0.15, 0.2) is 60.7 Å². The first kappa shape index (κ1) is 20.8. The normalized spacial score (nSPS) is 10.4. The third-order valence-corrected chi connectivity index (χ3v) is 4.79. The van der Waals surface area contributed by atoms with E-state index in [4.69, 9.17) is 32.7 Å². The van der Waals surface area contributed by atoms with E-state index in [-0.39, 0.29) is 11.3 Å². The Morgan fingerprint density at radius 2 is 1.86 bits per heavy atom. The highest BCUT2D eigenvalue weighted by Gasteiger charge is 2.14. The van der Waals surface area contributed by atoms with Crippen LogP contribution in [0.5, 0.6) is 17.2 Å². The van der Waals surface area contributed by atoms with Gasteiger partial charge in [0.05, 0.1) is 30.0 Å². The zero-order valence-corrected chi connectivity index (χ0v) is 17.1. The van der Waals surface area contributed by atoms with E-state index in [0.717, 1.165) is 11.3 Å². The fourth-order valence-electron chi connectivity index (χ4n) is 2.76. The maximum atomic E-state index is 12.5. The molecule has 150 valence electrons. The van der Waals surface area contributed by atoms with Crippen LogP contribution in [0.2, 0.25) is 10.0 Å². The first-order valence-electron chi connectivity index (χ1n) is 8.82. The van der Waals surface area contributed by atoms with Crippen LogP contribution in [0.25, 0.3) is 0 Å². The summed E-state index contributed by atoms with van der Waals surface area (Å²) in [6, 6.07) is 17.0. The smallest absolute Gasteiger partial charge is 0.259 e. The third kappa shape index (κ3) is 5.34. The molecule has 0 aliphatic rings. The molecule has 3 aromatic carbocycles. The molecule has 0 saturated carbocycles. The number of aromatic hydroxyl groups is 1. The number of methoxy groups -OCH3 is 1. The Kier molecular flexibility index (Phi) is 6.86. The van der Waals surface area contributed by atoms with Crippen LogP contribution >= 0.6 is 23.2 Å². The van der Waals surface area contributed by atoms with Gasteiger partial charge in [0.15, 0.2) is 0 Å². The molecule has 0 heterocycles. The van der Waals surface area contributed by atoms with Gasteiger partial charge >= 0.3 is 0 Å². The van der Waals surface area contributed by atoms with Crippen LogP contribution in [0.4, 0.5) is 5.69 Å². The molecule has 0 fully saturated rings. The number of carbonyl (C=O) groups is 1. The zero-order valence-electron chi connectivity index (χ0n) is 15.6. The second kappa shape index (κ2) is 9.54. The Morgan fingerprint density at radius 3 is 2.66 bits per heavy atom. The number of nitrogens with one attached hydrogen (secondary N) is 1. The molecule has 0 unspecified atom stereocenters. The second-order valence-corrected chi connectivity index (χ2v) is 7.01. The fourth-order valence-corrected chi connectivity index (χ4v) is 3.09. The lowest BCUT2D eigenvalue weighted by Crippen LogP contribution is -2.12. The summed E-state index contributed by atoms with van der Waals surface area (Å²) >= 11 is 12.1. The van der Waals surface area contributed by atoms with Crippen LogP contribution in [0.3, 0.4) is 0 Å². The predicted octanol–water partition coefficient (Wildman–Crippen LogP) is 5.58. The molecule has 5 nitrogen and oxygen atoms in total. The van der Waals surface area contributed by atoms with Gasteiger partial charge in [-0.25, -0.2) is 0 Å². The van der Waals surface area contributed by atoms with Crippen molar-refractivity contribution in [3.05, 3.63) is 81.8 Å². The summed E-state index contributed by atoms with van der Waals surface area (Å²) in [4.78, 5) is 12.5. The first-order valence-corrected chi connectivity index (χ1v) is 9.57. The van der Waals surface area contributed by atoms with Gasteiger partial charge in [0.2, 0.25) is 0 Å². The summed E-state index contributed by atoms with van der Waals surface area (Å²) in [5.74, 6) is 0.654. The van der Waals surface area contributed by atoms with Gasteiger partial charge < -0.3 is 19.9 Å². The molecule has 0 bridgehead atoms. The van der Waals surface area contributed by atoms with Gasteiger partial charge in [-0.15, -0.1) is 0 Å². The molecule has 0 radical (unpaired) electrons. The van der Waals surface area contributed by atoms with E-state index >= 15 is 0 Å². The summed E-state index contributed by atoms with van der Waals surface area (Å²) in [6.45, 7) is 0.421. The predicted molar refractivity (Wildman–Crippen MR) is 115 cm³/mol. The van der Waals surface area contributed by atoms with Gasteiger partial charge in [-0.1, -0.05) is 41.4 Å². The topological polar surface area (TPSA) is 67.8 Å². The molecular weight excluding hydrogens is 413 g/mol. The summed E-state index contributed by atoms with van der Waals surface area (Å²) in [5, 5.41) is 13.2. The first-order chi connectivity index (χ1) is 14.0. The monoisotopic (exact) mass is 431 g/mol. The number of anilines is 1. The molecule has 0 aromatic heterocycles. The summed E-state index contributed by atoms with van der Waals surface area (Å²) in [6.07, 6.45) is 0.657. The van der Waals surface area contributed by atoms with Gasteiger partial charge in [0.1, 0.15) is 17.2 Å². The maximum Gasteiger partial charge on any atom is 0.259 e. The Labute approximate surface area is 178 Å². The Hall–Kier alpha value is -2.89. The SMILES string of the molecule is COc1ccccc1CCOc1ccc(Cl)c(NC(=O)c2cc(Cl)ccc2O)c1. The molecule has 0 aliphatic carbocycles. The number of hydrogen-bond donors (Lipinski definition) is 2. The lowest BCUT2D eigenvalue weighted by molar-refractivity contribution is 0.102. The number of halogens is 2. The van der Waals surface area contributed by atoms with E-state index in [1.807, 2.05) is 24.3 Å². The van der Waals surface area contributed by atoms with E-state index in [2.05, 4.69) is 5.32 Å². The second-order valence-electron chi connectivity index (χ2n) is 6.17. The molecule has 0 aliphatic heterocycles. The number of rotatable bonds is 7. The Balaban J connectivity index is 1.68. The number of benzene rings is 3. The summed E-state index contributed by atoms with van der Waals surface area (Å²) in [5.41, 5.74) is 1.45. The maximum absolute atomic E-state index is 12.5. The number of phenols is 1. The van der Waals surface area contributed by atoms with Gasteiger partial charge in [0.25, 0.3) is 5.91 Å². The fraction of sp³-hybridized carbons (Fsp3) is 0.136. The molecule has 2 N–H and O–H groups in total. The number of carbonyl (C=O) groups excluding carboxylic acids is 1. The molecule has 3 rings (SSSR count). The van der Waals surface area contributed by atoms with Crippen LogP contribution < -0.4 is 14.8 Å². The highest BCUT2D eigenvalue weighted by Crippen LogP contribution is 2.29. The molecule has 0 atom stereocenters. The minimum Gasteiger partial charge on any atom is -0.507 e. The Morgan fingerprint density at radius 1 is 1.07 bits per heavy atom. The largest absolute Gasteiger partial charge is 0.507 e. The van der Waals surface area contributed by atoms with Crippen molar-refractivity contribution in [1.82, 2.24) is 0 Å². The van der Waals surface area contributed by atoms with Gasteiger partial charge in [-0.3, -0.25) is 4.79 Å². The number of para-hydroxylation sites is 1. The van der Waals surface area contributed by atoms with Gasteiger partial charge in [0, 0.05) is 17.5 Å². The van der Waals surface area contributed by atoms with Crippen molar-refractivity contribution in [2.75, 3.05) is 19.0 Å². The summed E-state index contributed by atoms with van der Waals surface area (Å²) in [7, 11) is 1.63. The molecule has 1 amide bonds.